The Bertz CT molecular complexity index is 1120. The van der Waals surface area contributed by atoms with E-state index in [0.29, 0.717) is 28.8 Å². The van der Waals surface area contributed by atoms with Gasteiger partial charge < -0.3 is 15.0 Å². The summed E-state index contributed by atoms with van der Waals surface area (Å²) in [6.45, 7) is 3.42. The SMILES string of the molecule is O=C(c1ccc2cc(Oc3ccc(C(F)(F)F)cn3)ccc2n1)N1CC2CNCC2C1. The highest BCUT2D eigenvalue weighted by Gasteiger charge is 2.38. The summed E-state index contributed by atoms with van der Waals surface area (Å²) in [6, 6.07) is 10.7. The number of hydrogen-bond acceptors (Lipinski definition) is 5. The van der Waals surface area contributed by atoms with Crippen molar-refractivity contribution in [3.8, 4) is 11.6 Å². The Balaban J connectivity index is 1.31. The van der Waals surface area contributed by atoms with E-state index in [9.17, 15) is 18.0 Å². The molecule has 2 aliphatic heterocycles. The molecule has 2 fully saturated rings. The van der Waals surface area contributed by atoms with Gasteiger partial charge in [-0.2, -0.15) is 13.2 Å². The van der Waals surface area contributed by atoms with E-state index in [0.717, 1.165) is 43.8 Å². The third-order valence-corrected chi connectivity index (χ3v) is 5.84. The molecule has 2 unspecified atom stereocenters. The standard InChI is InChI=1S/C22H19F3N4O2/c23-22(24,25)16-2-6-20(27-10-16)31-17-3-5-18-13(7-17)1-4-19(28-18)21(30)29-11-14-8-26-9-15(14)12-29/h1-7,10,14-15,26H,8-9,11-12H2. The molecule has 9 heteroatoms. The molecular weight excluding hydrogens is 409 g/mol. The quantitative estimate of drug-likeness (QED) is 0.689. The first-order valence-electron chi connectivity index (χ1n) is 9.99. The van der Waals surface area contributed by atoms with Gasteiger partial charge in [0.2, 0.25) is 5.88 Å². The van der Waals surface area contributed by atoms with Crippen molar-refractivity contribution in [2.24, 2.45) is 11.8 Å². The maximum Gasteiger partial charge on any atom is 0.417 e. The number of nitrogens with zero attached hydrogens (tertiary/aromatic N) is 3. The van der Waals surface area contributed by atoms with Crippen LogP contribution < -0.4 is 10.1 Å². The van der Waals surface area contributed by atoms with Crippen LogP contribution in [0, 0.1) is 11.8 Å². The number of alkyl halides is 3. The number of likely N-dealkylation sites (tertiary alicyclic amines) is 1. The number of pyridine rings is 2. The number of benzene rings is 1. The van der Waals surface area contributed by atoms with Crippen molar-refractivity contribution < 1.29 is 22.7 Å². The third-order valence-electron chi connectivity index (χ3n) is 5.84. The summed E-state index contributed by atoms with van der Waals surface area (Å²) in [7, 11) is 0. The minimum atomic E-state index is -4.44. The fourth-order valence-electron chi connectivity index (χ4n) is 4.20. The van der Waals surface area contributed by atoms with E-state index in [1.54, 1.807) is 30.3 Å². The molecule has 1 aromatic carbocycles. The highest BCUT2D eigenvalue weighted by Crippen LogP contribution is 2.31. The summed E-state index contributed by atoms with van der Waals surface area (Å²) >= 11 is 0. The van der Waals surface area contributed by atoms with Gasteiger partial charge in [-0.3, -0.25) is 4.79 Å². The minimum Gasteiger partial charge on any atom is -0.439 e. The lowest BCUT2D eigenvalue weighted by Crippen LogP contribution is -2.32. The molecule has 0 aliphatic carbocycles. The van der Waals surface area contributed by atoms with E-state index in [1.807, 2.05) is 4.90 Å². The molecule has 6 nitrogen and oxygen atoms in total. The van der Waals surface area contributed by atoms with Gasteiger partial charge in [-0.1, -0.05) is 6.07 Å². The van der Waals surface area contributed by atoms with Gasteiger partial charge in [-0.25, -0.2) is 9.97 Å². The molecule has 3 aromatic rings. The number of fused-ring (bicyclic) bond motifs is 2. The second kappa shape index (κ2) is 7.49. The lowest BCUT2D eigenvalue weighted by Gasteiger charge is -2.17. The molecule has 0 spiro atoms. The van der Waals surface area contributed by atoms with E-state index in [2.05, 4.69) is 15.3 Å². The second-order valence-corrected chi connectivity index (χ2v) is 7.92. The molecule has 2 aliphatic rings. The highest BCUT2D eigenvalue weighted by molar-refractivity contribution is 5.95. The summed E-state index contributed by atoms with van der Waals surface area (Å²) in [5.74, 6) is 1.44. The minimum absolute atomic E-state index is 0.0566. The predicted molar refractivity (Wildman–Crippen MR) is 107 cm³/mol. The van der Waals surface area contributed by atoms with Gasteiger partial charge in [0.05, 0.1) is 11.1 Å². The smallest absolute Gasteiger partial charge is 0.417 e. The van der Waals surface area contributed by atoms with Gasteiger partial charge >= 0.3 is 6.18 Å². The van der Waals surface area contributed by atoms with Crippen LogP contribution in [0.5, 0.6) is 11.6 Å². The van der Waals surface area contributed by atoms with Gasteiger partial charge in [0.15, 0.2) is 0 Å². The van der Waals surface area contributed by atoms with Crippen LogP contribution in [0.1, 0.15) is 16.1 Å². The van der Waals surface area contributed by atoms with E-state index in [1.165, 1.54) is 6.07 Å². The van der Waals surface area contributed by atoms with Crippen LogP contribution in [0.25, 0.3) is 10.9 Å². The van der Waals surface area contributed by atoms with Gasteiger partial charge in [-0.05, 0) is 42.2 Å². The number of carbonyl (C=O) groups is 1. The van der Waals surface area contributed by atoms with Gasteiger partial charge in [-0.15, -0.1) is 0 Å². The Labute approximate surface area is 176 Å². The lowest BCUT2D eigenvalue weighted by atomic mass is 10.0. The van der Waals surface area contributed by atoms with E-state index in [-0.39, 0.29) is 11.8 Å². The molecule has 1 amide bonds. The van der Waals surface area contributed by atoms with Crippen molar-refractivity contribution >= 4 is 16.8 Å². The number of hydrogen-bond donors (Lipinski definition) is 1. The molecule has 31 heavy (non-hydrogen) atoms. The van der Waals surface area contributed by atoms with Crippen LogP contribution >= 0.6 is 0 Å². The molecule has 0 saturated carbocycles. The Morgan fingerprint density at radius 3 is 2.52 bits per heavy atom. The number of ether oxygens (including phenoxy) is 1. The first-order valence-corrected chi connectivity index (χ1v) is 9.99. The maximum absolute atomic E-state index is 12.9. The van der Waals surface area contributed by atoms with E-state index < -0.39 is 11.7 Å². The van der Waals surface area contributed by atoms with E-state index >= 15 is 0 Å². The van der Waals surface area contributed by atoms with Gasteiger partial charge in [0, 0.05) is 43.8 Å². The topological polar surface area (TPSA) is 67.3 Å². The molecule has 0 radical (unpaired) electrons. The number of amides is 1. The van der Waals surface area contributed by atoms with Crippen molar-refractivity contribution in [2.45, 2.75) is 6.18 Å². The van der Waals surface area contributed by atoms with Gasteiger partial charge in [0.25, 0.3) is 5.91 Å². The zero-order chi connectivity index (χ0) is 21.6. The molecule has 2 saturated heterocycles. The van der Waals surface area contributed by atoms with Crippen molar-refractivity contribution in [2.75, 3.05) is 26.2 Å². The number of aromatic nitrogens is 2. The zero-order valence-corrected chi connectivity index (χ0v) is 16.4. The summed E-state index contributed by atoms with van der Waals surface area (Å²) < 4.78 is 43.5. The van der Waals surface area contributed by atoms with Crippen LogP contribution in [0.3, 0.4) is 0 Å². The fourth-order valence-corrected chi connectivity index (χ4v) is 4.20. The summed E-state index contributed by atoms with van der Waals surface area (Å²) in [4.78, 5) is 22.9. The Hall–Kier alpha value is -3.20. The van der Waals surface area contributed by atoms with Gasteiger partial charge in [0.1, 0.15) is 11.4 Å². The van der Waals surface area contributed by atoms with Crippen LogP contribution in [0.4, 0.5) is 13.2 Å². The van der Waals surface area contributed by atoms with Crippen LogP contribution in [-0.2, 0) is 6.18 Å². The molecule has 4 heterocycles. The van der Waals surface area contributed by atoms with E-state index in [4.69, 9.17) is 4.74 Å². The number of rotatable bonds is 3. The Kier molecular flexibility index (Phi) is 4.77. The molecule has 2 atom stereocenters. The second-order valence-electron chi connectivity index (χ2n) is 7.92. The van der Waals surface area contributed by atoms with Crippen molar-refractivity contribution in [1.82, 2.24) is 20.2 Å². The van der Waals surface area contributed by atoms with Crippen LogP contribution in [-0.4, -0.2) is 47.0 Å². The maximum atomic E-state index is 12.9. The summed E-state index contributed by atoms with van der Waals surface area (Å²) in [5, 5.41) is 4.11. The average molecular weight is 428 g/mol. The molecule has 2 aromatic heterocycles. The first-order chi connectivity index (χ1) is 14.9. The van der Waals surface area contributed by atoms with Crippen molar-refractivity contribution in [3.05, 3.63) is 59.9 Å². The Morgan fingerprint density at radius 1 is 1.06 bits per heavy atom. The monoisotopic (exact) mass is 428 g/mol. The molecule has 160 valence electrons. The van der Waals surface area contributed by atoms with Crippen LogP contribution in [0.2, 0.25) is 0 Å². The normalized spacial score (nSPS) is 20.8. The highest BCUT2D eigenvalue weighted by atomic mass is 19.4. The third kappa shape index (κ3) is 3.93. The summed E-state index contributed by atoms with van der Waals surface area (Å²) in [5.41, 5.74) is 0.204. The average Bonchev–Trinajstić information content (AvgIpc) is 3.35. The predicted octanol–water partition coefficient (Wildman–Crippen LogP) is 3.73. The van der Waals surface area contributed by atoms with Crippen LogP contribution in [0.15, 0.2) is 48.7 Å². The lowest BCUT2D eigenvalue weighted by molar-refractivity contribution is -0.137. The zero-order valence-electron chi connectivity index (χ0n) is 16.4. The number of nitrogens with one attached hydrogen (secondary N) is 1. The summed E-state index contributed by atoms with van der Waals surface area (Å²) in [6.07, 6.45) is -3.71. The molecular formula is C22H19F3N4O2. The molecule has 5 rings (SSSR count). The first kappa shape index (κ1) is 19.7. The Morgan fingerprint density at radius 2 is 1.84 bits per heavy atom. The van der Waals surface area contributed by atoms with Crippen molar-refractivity contribution in [3.63, 3.8) is 0 Å². The molecule has 1 N–H and O–H groups in total. The molecule has 0 bridgehead atoms. The largest absolute Gasteiger partial charge is 0.439 e. The van der Waals surface area contributed by atoms with Crippen molar-refractivity contribution in [1.29, 1.82) is 0 Å². The fraction of sp³-hybridized carbons (Fsp3) is 0.318. The number of halogens is 3. The number of carbonyl (C=O) groups excluding carboxylic acids is 1.